The fraction of sp³-hybridized carbons (Fsp3) is 0.600. The summed E-state index contributed by atoms with van der Waals surface area (Å²) < 4.78 is 5.04. The largest absolute Gasteiger partial charge is 0.478 e. The summed E-state index contributed by atoms with van der Waals surface area (Å²) >= 11 is 0. The molecule has 0 saturated heterocycles. The second-order valence-corrected chi connectivity index (χ2v) is 6.01. The quantitative estimate of drug-likeness (QED) is 0.838. The molecule has 0 aliphatic heterocycles. The van der Waals surface area contributed by atoms with Crippen LogP contribution in [0.3, 0.4) is 0 Å². The van der Waals surface area contributed by atoms with Crippen LogP contribution in [-0.2, 0) is 10.2 Å². The average molecular weight is 280 g/mol. The third-order valence-corrected chi connectivity index (χ3v) is 2.99. The number of carboxylic acid groups (broad SMARTS) is 1. The third kappa shape index (κ3) is 4.81. The molecule has 0 aromatic carbocycles. The molecule has 0 aliphatic carbocycles. The Hall–Kier alpha value is -1.62. The van der Waals surface area contributed by atoms with Gasteiger partial charge in [-0.3, -0.25) is 0 Å². The summed E-state index contributed by atoms with van der Waals surface area (Å²) in [6, 6.07) is 3.37. The molecule has 0 aliphatic rings. The maximum Gasteiger partial charge on any atom is 0.335 e. The molecule has 1 aromatic heterocycles. The van der Waals surface area contributed by atoms with Crippen molar-refractivity contribution in [3.8, 4) is 0 Å². The number of aromatic carboxylic acids is 1. The Morgan fingerprint density at radius 2 is 2.10 bits per heavy atom. The number of nitrogens with one attached hydrogen (secondary N) is 1. The molecule has 1 atom stereocenters. The van der Waals surface area contributed by atoms with E-state index in [1.807, 2.05) is 27.7 Å². The third-order valence-electron chi connectivity index (χ3n) is 2.99. The number of methoxy groups -OCH3 is 1. The number of hydrogen-bond donors (Lipinski definition) is 2. The molecular weight excluding hydrogens is 256 g/mol. The fourth-order valence-electron chi connectivity index (χ4n) is 1.73. The van der Waals surface area contributed by atoms with Crippen LogP contribution in [0.15, 0.2) is 12.1 Å². The predicted molar refractivity (Wildman–Crippen MR) is 79.5 cm³/mol. The van der Waals surface area contributed by atoms with Gasteiger partial charge < -0.3 is 15.2 Å². The number of anilines is 1. The summed E-state index contributed by atoms with van der Waals surface area (Å²) in [6.07, 6.45) is 0.834. The van der Waals surface area contributed by atoms with Crippen LogP contribution >= 0.6 is 0 Å². The second-order valence-electron chi connectivity index (χ2n) is 6.01. The molecule has 5 heteroatoms. The van der Waals surface area contributed by atoms with Crippen molar-refractivity contribution in [3.63, 3.8) is 0 Å². The lowest BCUT2D eigenvalue weighted by atomic mass is 9.90. The van der Waals surface area contributed by atoms with Gasteiger partial charge in [0.05, 0.1) is 5.56 Å². The van der Waals surface area contributed by atoms with Gasteiger partial charge in [-0.1, -0.05) is 20.8 Å². The van der Waals surface area contributed by atoms with Crippen molar-refractivity contribution in [3.05, 3.63) is 23.4 Å². The highest BCUT2D eigenvalue weighted by Crippen LogP contribution is 2.23. The predicted octanol–water partition coefficient (Wildman–Crippen LogP) is 2.91. The van der Waals surface area contributed by atoms with E-state index in [1.54, 1.807) is 19.2 Å². The molecule has 1 rings (SSSR count). The van der Waals surface area contributed by atoms with E-state index in [9.17, 15) is 9.90 Å². The molecule has 0 spiro atoms. The smallest absolute Gasteiger partial charge is 0.335 e. The summed E-state index contributed by atoms with van der Waals surface area (Å²) in [5.41, 5.74) is 0.822. The molecule has 112 valence electrons. The Bertz CT molecular complexity index is 467. The van der Waals surface area contributed by atoms with E-state index in [0.29, 0.717) is 12.4 Å². The maximum absolute atomic E-state index is 11.2. The van der Waals surface area contributed by atoms with E-state index in [-0.39, 0.29) is 17.0 Å². The summed E-state index contributed by atoms with van der Waals surface area (Å²) in [5, 5.41) is 12.4. The van der Waals surface area contributed by atoms with Gasteiger partial charge in [0.25, 0.3) is 0 Å². The van der Waals surface area contributed by atoms with Crippen LogP contribution in [0.25, 0.3) is 0 Å². The zero-order chi connectivity index (χ0) is 15.3. The van der Waals surface area contributed by atoms with Gasteiger partial charge in [-0.05, 0) is 25.5 Å². The summed E-state index contributed by atoms with van der Waals surface area (Å²) in [5.74, 6) is -0.344. The highest BCUT2D eigenvalue weighted by atomic mass is 16.5. The summed E-state index contributed by atoms with van der Waals surface area (Å²) in [4.78, 5) is 15.7. The lowest BCUT2D eigenvalue weighted by molar-refractivity contribution is 0.0696. The number of rotatable bonds is 6. The molecule has 5 nitrogen and oxygen atoms in total. The molecule has 0 saturated carbocycles. The van der Waals surface area contributed by atoms with E-state index >= 15 is 0 Å². The van der Waals surface area contributed by atoms with Crippen LogP contribution in [0.4, 0.5) is 5.82 Å². The van der Waals surface area contributed by atoms with Crippen LogP contribution in [0.2, 0.25) is 0 Å². The number of carbonyl (C=O) groups is 1. The van der Waals surface area contributed by atoms with E-state index in [1.165, 1.54) is 0 Å². The van der Waals surface area contributed by atoms with Gasteiger partial charge in [-0.15, -0.1) is 0 Å². The molecule has 2 N–H and O–H groups in total. The standard InChI is InChI=1S/C15H24N2O3/c1-10(6-7-20-5)16-13-9-11(14(18)19)8-12(17-13)15(2,3)4/h8-10H,6-7H2,1-5H3,(H,16,17)(H,18,19). The van der Waals surface area contributed by atoms with Crippen LogP contribution in [0.1, 0.15) is 50.2 Å². The topological polar surface area (TPSA) is 71.5 Å². The van der Waals surface area contributed by atoms with Crippen molar-refractivity contribution in [1.82, 2.24) is 4.98 Å². The molecule has 1 unspecified atom stereocenters. The van der Waals surface area contributed by atoms with Crippen molar-refractivity contribution in [1.29, 1.82) is 0 Å². The SMILES string of the molecule is COCCC(C)Nc1cc(C(=O)O)cc(C(C)(C)C)n1. The Balaban J connectivity index is 3.00. The van der Waals surface area contributed by atoms with Crippen molar-refractivity contribution in [2.45, 2.75) is 45.6 Å². The highest BCUT2D eigenvalue weighted by Gasteiger charge is 2.19. The number of hydrogen-bond acceptors (Lipinski definition) is 4. The van der Waals surface area contributed by atoms with Crippen molar-refractivity contribution in [2.24, 2.45) is 0 Å². The molecular formula is C15H24N2O3. The number of carboxylic acids is 1. The number of ether oxygens (including phenoxy) is 1. The van der Waals surface area contributed by atoms with Gasteiger partial charge in [-0.25, -0.2) is 9.78 Å². The van der Waals surface area contributed by atoms with Crippen LogP contribution in [0.5, 0.6) is 0 Å². The van der Waals surface area contributed by atoms with E-state index in [2.05, 4.69) is 10.3 Å². The first-order valence-electron chi connectivity index (χ1n) is 6.75. The minimum absolute atomic E-state index is 0.166. The van der Waals surface area contributed by atoms with E-state index < -0.39 is 5.97 Å². The molecule has 0 fully saturated rings. The Morgan fingerprint density at radius 3 is 2.60 bits per heavy atom. The zero-order valence-electron chi connectivity index (χ0n) is 12.9. The van der Waals surface area contributed by atoms with Gasteiger partial charge in [-0.2, -0.15) is 0 Å². The minimum Gasteiger partial charge on any atom is -0.478 e. The Morgan fingerprint density at radius 1 is 1.45 bits per heavy atom. The van der Waals surface area contributed by atoms with E-state index in [0.717, 1.165) is 12.1 Å². The minimum atomic E-state index is -0.939. The lowest BCUT2D eigenvalue weighted by Gasteiger charge is -2.21. The van der Waals surface area contributed by atoms with Gasteiger partial charge in [0.2, 0.25) is 0 Å². The molecule has 0 amide bonds. The van der Waals surface area contributed by atoms with Crippen molar-refractivity contribution < 1.29 is 14.6 Å². The molecule has 1 aromatic rings. The molecule has 20 heavy (non-hydrogen) atoms. The van der Waals surface area contributed by atoms with Crippen LogP contribution in [0, 0.1) is 0 Å². The lowest BCUT2D eigenvalue weighted by Crippen LogP contribution is -2.21. The highest BCUT2D eigenvalue weighted by molar-refractivity contribution is 5.88. The Kier molecular flexibility index (Phi) is 5.51. The normalized spacial score (nSPS) is 13.1. The van der Waals surface area contributed by atoms with Crippen LogP contribution in [-0.4, -0.2) is 35.8 Å². The van der Waals surface area contributed by atoms with Gasteiger partial charge >= 0.3 is 5.97 Å². The van der Waals surface area contributed by atoms with Gasteiger partial charge in [0.1, 0.15) is 5.82 Å². The zero-order valence-corrected chi connectivity index (χ0v) is 12.9. The maximum atomic E-state index is 11.2. The Labute approximate surface area is 120 Å². The summed E-state index contributed by atoms with van der Waals surface area (Å²) in [6.45, 7) is 8.71. The van der Waals surface area contributed by atoms with Crippen molar-refractivity contribution in [2.75, 3.05) is 19.0 Å². The number of nitrogens with zero attached hydrogens (tertiary/aromatic N) is 1. The van der Waals surface area contributed by atoms with Crippen LogP contribution < -0.4 is 5.32 Å². The summed E-state index contributed by atoms with van der Waals surface area (Å²) in [7, 11) is 1.66. The first kappa shape index (κ1) is 16.4. The first-order valence-corrected chi connectivity index (χ1v) is 6.75. The molecule has 1 heterocycles. The second kappa shape index (κ2) is 6.70. The van der Waals surface area contributed by atoms with Gasteiger partial charge in [0, 0.05) is 30.9 Å². The fourth-order valence-corrected chi connectivity index (χ4v) is 1.73. The average Bonchev–Trinajstić information content (AvgIpc) is 2.34. The molecule has 0 bridgehead atoms. The van der Waals surface area contributed by atoms with E-state index in [4.69, 9.17) is 4.74 Å². The van der Waals surface area contributed by atoms with Crippen molar-refractivity contribution >= 4 is 11.8 Å². The monoisotopic (exact) mass is 280 g/mol. The number of pyridine rings is 1. The number of aromatic nitrogens is 1. The first-order chi connectivity index (χ1) is 9.24. The van der Waals surface area contributed by atoms with Gasteiger partial charge in [0.15, 0.2) is 0 Å². The molecule has 0 radical (unpaired) electrons.